The molecule has 0 aromatic carbocycles. The van der Waals surface area contributed by atoms with Crippen LogP contribution in [0.15, 0.2) is 12.4 Å². The van der Waals surface area contributed by atoms with E-state index < -0.39 is 0 Å². The Hall–Kier alpha value is -1.39. The van der Waals surface area contributed by atoms with Crippen LogP contribution in [-0.4, -0.2) is 38.9 Å². The maximum atomic E-state index is 11.7. The van der Waals surface area contributed by atoms with E-state index in [4.69, 9.17) is 0 Å². The summed E-state index contributed by atoms with van der Waals surface area (Å²) < 4.78 is 0. The summed E-state index contributed by atoms with van der Waals surface area (Å²) in [6.07, 6.45) is 3.17. The van der Waals surface area contributed by atoms with Gasteiger partial charge in [0.05, 0.1) is 12.4 Å². The highest BCUT2D eigenvalue weighted by Gasteiger charge is 2.32. The predicted octanol–water partition coefficient (Wildman–Crippen LogP) is 0.392. The van der Waals surface area contributed by atoms with E-state index in [9.17, 15) is 4.79 Å². The van der Waals surface area contributed by atoms with Gasteiger partial charge in [0.1, 0.15) is 6.54 Å². The SMILES string of the molecule is CC(C)C1CN(C(=O)Cn2nccn2)C1. The first-order valence-electron chi connectivity index (χ1n) is 5.28. The number of amides is 1. The molecule has 1 aromatic heterocycles. The zero-order valence-electron chi connectivity index (χ0n) is 9.13. The van der Waals surface area contributed by atoms with E-state index >= 15 is 0 Å². The van der Waals surface area contributed by atoms with Crippen LogP contribution in [-0.2, 0) is 11.3 Å². The maximum absolute atomic E-state index is 11.7. The van der Waals surface area contributed by atoms with Crippen molar-refractivity contribution < 1.29 is 4.79 Å². The highest BCUT2D eigenvalue weighted by atomic mass is 16.2. The molecule has 0 radical (unpaired) electrons. The number of aromatic nitrogens is 3. The number of rotatable bonds is 3. The molecule has 0 spiro atoms. The second-order valence-electron chi connectivity index (χ2n) is 4.36. The van der Waals surface area contributed by atoms with Crippen LogP contribution in [0.25, 0.3) is 0 Å². The molecule has 0 atom stereocenters. The fourth-order valence-corrected chi connectivity index (χ4v) is 1.68. The third kappa shape index (κ3) is 2.16. The van der Waals surface area contributed by atoms with Crippen LogP contribution in [0.4, 0.5) is 0 Å². The average Bonchev–Trinajstić information content (AvgIpc) is 2.52. The van der Waals surface area contributed by atoms with Gasteiger partial charge in [-0.05, 0) is 11.8 Å². The second-order valence-corrected chi connectivity index (χ2v) is 4.36. The average molecular weight is 208 g/mol. The monoisotopic (exact) mass is 208 g/mol. The molecule has 1 aromatic rings. The highest BCUT2D eigenvalue weighted by Crippen LogP contribution is 2.23. The molecule has 0 aliphatic carbocycles. The molecule has 0 saturated carbocycles. The van der Waals surface area contributed by atoms with Gasteiger partial charge in [0.25, 0.3) is 0 Å². The number of hydrogen-bond acceptors (Lipinski definition) is 3. The van der Waals surface area contributed by atoms with Gasteiger partial charge < -0.3 is 4.90 Å². The molecule has 5 heteroatoms. The van der Waals surface area contributed by atoms with Crippen molar-refractivity contribution in [3.05, 3.63) is 12.4 Å². The van der Waals surface area contributed by atoms with Gasteiger partial charge in [0.2, 0.25) is 5.91 Å². The molecule has 1 aliphatic rings. The minimum Gasteiger partial charge on any atom is -0.340 e. The highest BCUT2D eigenvalue weighted by molar-refractivity contribution is 5.76. The third-order valence-electron chi connectivity index (χ3n) is 2.95. The Morgan fingerprint density at radius 3 is 2.53 bits per heavy atom. The number of likely N-dealkylation sites (tertiary alicyclic amines) is 1. The quantitative estimate of drug-likeness (QED) is 0.722. The van der Waals surface area contributed by atoms with Crippen molar-refractivity contribution in [3.63, 3.8) is 0 Å². The van der Waals surface area contributed by atoms with E-state index in [2.05, 4.69) is 24.0 Å². The lowest BCUT2D eigenvalue weighted by atomic mass is 9.88. The number of carbonyl (C=O) groups excluding carboxylic acids is 1. The molecular weight excluding hydrogens is 192 g/mol. The third-order valence-corrected chi connectivity index (χ3v) is 2.95. The largest absolute Gasteiger partial charge is 0.340 e. The maximum Gasteiger partial charge on any atom is 0.246 e. The van der Waals surface area contributed by atoms with Crippen molar-refractivity contribution in [2.45, 2.75) is 20.4 Å². The smallest absolute Gasteiger partial charge is 0.246 e. The normalized spacial score (nSPS) is 16.9. The zero-order chi connectivity index (χ0) is 10.8. The summed E-state index contributed by atoms with van der Waals surface area (Å²) in [5.41, 5.74) is 0. The van der Waals surface area contributed by atoms with Gasteiger partial charge in [-0.15, -0.1) is 0 Å². The van der Waals surface area contributed by atoms with Crippen LogP contribution < -0.4 is 0 Å². The van der Waals surface area contributed by atoms with E-state index in [-0.39, 0.29) is 12.5 Å². The molecular formula is C10H16N4O. The van der Waals surface area contributed by atoms with E-state index in [1.165, 1.54) is 4.80 Å². The summed E-state index contributed by atoms with van der Waals surface area (Å²) in [6, 6.07) is 0. The Morgan fingerprint density at radius 2 is 2.00 bits per heavy atom. The Kier molecular flexibility index (Phi) is 2.70. The molecule has 1 saturated heterocycles. The van der Waals surface area contributed by atoms with Crippen molar-refractivity contribution in [2.24, 2.45) is 11.8 Å². The van der Waals surface area contributed by atoms with Gasteiger partial charge in [-0.3, -0.25) is 4.79 Å². The first kappa shape index (κ1) is 10.1. The van der Waals surface area contributed by atoms with Gasteiger partial charge in [-0.1, -0.05) is 13.8 Å². The molecule has 1 amide bonds. The number of carbonyl (C=O) groups is 1. The molecule has 2 heterocycles. The minimum atomic E-state index is 0.114. The fourth-order valence-electron chi connectivity index (χ4n) is 1.68. The lowest BCUT2D eigenvalue weighted by molar-refractivity contribution is -0.139. The van der Waals surface area contributed by atoms with E-state index in [1.54, 1.807) is 12.4 Å². The van der Waals surface area contributed by atoms with Crippen LogP contribution >= 0.6 is 0 Å². The minimum absolute atomic E-state index is 0.114. The Bertz CT molecular complexity index is 327. The van der Waals surface area contributed by atoms with E-state index in [1.807, 2.05) is 4.90 Å². The predicted molar refractivity (Wildman–Crippen MR) is 54.9 cm³/mol. The topological polar surface area (TPSA) is 51.0 Å². The fraction of sp³-hybridized carbons (Fsp3) is 0.700. The van der Waals surface area contributed by atoms with Crippen LogP contribution in [0.1, 0.15) is 13.8 Å². The van der Waals surface area contributed by atoms with Gasteiger partial charge >= 0.3 is 0 Å². The molecule has 0 N–H and O–H groups in total. The first-order chi connectivity index (χ1) is 7.16. The summed E-state index contributed by atoms with van der Waals surface area (Å²) in [7, 11) is 0. The molecule has 15 heavy (non-hydrogen) atoms. The van der Waals surface area contributed by atoms with Crippen LogP contribution in [0.2, 0.25) is 0 Å². The van der Waals surface area contributed by atoms with Crippen molar-refractivity contribution in [1.82, 2.24) is 19.9 Å². The molecule has 2 rings (SSSR count). The molecule has 5 nitrogen and oxygen atoms in total. The first-order valence-corrected chi connectivity index (χ1v) is 5.28. The second kappa shape index (κ2) is 4.00. The Morgan fingerprint density at radius 1 is 1.40 bits per heavy atom. The lowest BCUT2D eigenvalue weighted by Crippen LogP contribution is -2.52. The van der Waals surface area contributed by atoms with Gasteiger partial charge in [0.15, 0.2) is 0 Å². The van der Waals surface area contributed by atoms with Gasteiger partial charge in [-0.2, -0.15) is 15.0 Å². The molecule has 1 aliphatic heterocycles. The van der Waals surface area contributed by atoms with Crippen LogP contribution in [0.3, 0.4) is 0 Å². The summed E-state index contributed by atoms with van der Waals surface area (Å²) in [5.74, 6) is 1.44. The van der Waals surface area contributed by atoms with Crippen molar-refractivity contribution in [3.8, 4) is 0 Å². The summed E-state index contributed by atoms with van der Waals surface area (Å²) in [5, 5.41) is 7.82. The lowest BCUT2D eigenvalue weighted by Gasteiger charge is -2.41. The summed E-state index contributed by atoms with van der Waals surface area (Å²) >= 11 is 0. The molecule has 82 valence electrons. The van der Waals surface area contributed by atoms with Crippen LogP contribution in [0, 0.1) is 11.8 Å². The molecule has 1 fully saturated rings. The number of nitrogens with zero attached hydrogens (tertiary/aromatic N) is 4. The Balaban J connectivity index is 1.80. The zero-order valence-corrected chi connectivity index (χ0v) is 9.13. The van der Waals surface area contributed by atoms with E-state index in [0.717, 1.165) is 13.1 Å². The Labute approximate surface area is 89.1 Å². The summed E-state index contributed by atoms with van der Waals surface area (Å²) in [4.78, 5) is 15.0. The molecule has 0 unspecified atom stereocenters. The number of hydrogen-bond donors (Lipinski definition) is 0. The van der Waals surface area contributed by atoms with Crippen molar-refractivity contribution in [2.75, 3.05) is 13.1 Å². The van der Waals surface area contributed by atoms with Gasteiger partial charge in [0, 0.05) is 13.1 Å². The van der Waals surface area contributed by atoms with Crippen molar-refractivity contribution in [1.29, 1.82) is 0 Å². The summed E-state index contributed by atoms with van der Waals surface area (Å²) in [6.45, 7) is 6.43. The standard InChI is InChI=1S/C10H16N4O/c1-8(2)9-5-13(6-9)10(15)7-14-11-3-4-12-14/h3-4,8-9H,5-7H2,1-2H3. The van der Waals surface area contributed by atoms with Gasteiger partial charge in [-0.25, -0.2) is 0 Å². The van der Waals surface area contributed by atoms with Crippen LogP contribution in [0.5, 0.6) is 0 Å². The van der Waals surface area contributed by atoms with Crippen molar-refractivity contribution >= 4 is 5.91 Å². The molecule has 0 bridgehead atoms. The van der Waals surface area contributed by atoms with E-state index in [0.29, 0.717) is 11.8 Å².